The molecule has 0 unspecified atom stereocenters. The van der Waals surface area contributed by atoms with Gasteiger partial charge in [-0.3, -0.25) is 10.1 Å². The van der Waals surface area contributed by atoms with E-state index in [0.717, 1.165) is 17.2 Å². The standard InChI is InChI=1S/C26H26F3N3O3/c1-24(2,3)18-13-19(25(4,5)16-9-7-6-8-10-16)23(33)21(14-18)31-30-20-12-11-17(26(27,28)29)15-22(20)32(34)35/h6-15,33H,1-5H3. The minimum Gasteiger partial charge on any atom is -0.505 e. The second kappa shape index (κ2) is 9.13. The maximum atomic E-state index is 13.0. The third-order valence-corrected chi connectivity index (χ3v) is 5.89. The van der Waals surface area contributed by atoms with Gasteiger partial charge in [-0.2, -0.15) is 13.2 Å². The Morgan fingerprint density at radius 1 is 0.800 bits per heavy atom. The number of benzene rings is 3. The van der Waals surface area contributed by atoms with Gasteiger partial charge in [0.15, 0.2) is 5.69 Å². The van der Waals surface area contributed by atoms with Gasteiger partial charge in [-0.1, -0.05) is 71.0 Å². The Hall–Kier alpha value is -3.75. The van der Waals surface area contributed by atoms with Crippen molar-refractivity contribution in [1.82, 2.24) is 0 Å². The molecule has 0 radical (unpaired) electrons. The molecule has 0 amide bonds. The highest BCUT2D eigenvalue weighted by molar-refractivity contribution is 5.63. The van der Waals surface area contributed by atoms with Gasteiger partial charge in [0.2, 0.25) is 0 Å². The zero-order chi connectivity index (χ0) is 26.2. The fourth-order valence-electron chi connectivity index (χ4n) is 3.65. The van der Waals surface area contributed by atoms with Crippen LogP contribution in [0.25, 0.3) is 0 Å². The predicted molar refractivity (Wildman–Crippen MR) is 128 cm³/mol. The first-order valence-electron chi connectivity index (χ1n) is 10.8. The number of hydrogen-bond acceptors (Lipinski definition) is 5. The third-order valence-electron chi connectivity index (χ3n) is 5.89. The molecule has 184 valence electrons. The van der Waals surface area contributed by atoms with Crippen molar-refractivity contribution in [3.05, 3.63) is 93.0 Å². The summed E-state index contributed by atoms with van der Waals surface area (Å²) in [4.78, 5) is 10.4. The Balaban J connectivity index is 2.18. The fourth-order valence-corrected chi connectivity index (χ4v) is 3.65. The van der Waals surface area contributed by atoms with Crippen molar-refractivity contribution in [3.63, 3.8) is 0 Å². The van der Waals surface area contributed by atoms with Crippen molar-refractivity contribution in [2.75, 3.05) is 0 Å². The molecule has 3 aromatic carbocycles. The number of azo groups is 1. The van der Waals surface area contributed by atoms with Gasteiger partial charge in [-0.15, -0.1) is 10.2 Å². The minimum atomic E-state index is -4.74. The van der Waals surface area contributed by atoms with Crippen LogP contribution in [-0.2, 0) is 17.0 Å². The van der Waals surface area contributed by atoms with Crippen LogP contribution in [0.2, 0.25) is 0 Å². The number of nitro groups is 1. The number of phenols is 1. The van der Waals surface area contributed by atoms with E-state index in [1.54, 1.807) is 6.07 Å². The number of nitro benzene ring substituents is 1. The molecule has 0 aliphatic rings. The zero-order valence-corrected chi connectivity index (χ0v) is 20.0. The van der Waals surface area contributed by atoms with Crippen LogP contribution in [0.4, 0.5) is 30.2 Å². The average Bonchev–Trinajstić information content (AvgIpc) is 2.77. The Labute approximate surface area is 201 Å². The van der Waals surface area contributed by atoms with Crippen molar-refractivity contribution in [3.8, 4) is 5.75 Å². The lowest BCUT2D eigenvalue weighted by molar-refractivity contribution is -0.384. The number of hydrogen-bond donors (Lipinski definition) is 1. The van der Waals surface area contributed by atoms with Crippen molar-refractivity contribution >= 4 is 17.1 Å². The van der Waals surface area contributed by atoms with Gasteiger partial charge < -0.3 is 5.11 Å². The van der Waals surface area contributed by atoms with Crippen LogP contribution in [0.1, 0.15) is 56.9 Å². The fraction of sp³-hybridized carbons (Fsp3) is 0.308. The summed E-state index contributed by atoms with van der Waals surface area (Å²) < 4.78 is 39.0. The normalized spacial score (nSPS) is 12.8. The van der Waals surface area contributed by atoms with E-state index in [0.29, 0.717) is 17.7 Å². The minimum absolute atomic E-state index is 0.0608. The van der Waals surface area contributed by atoms with Crippen molar-refractivity contribution in [2.24, 2.45) is 10.2 Å². The maximum Gasteiger partial charge on any atom is 0.416 e. The summed E-state index contributed by atoms with van der Waals surface area (Å²) in [6.07, 6.45) is -4.74. The second-order valence-corrected chi connectivity index (χ2v) is 9.79. The summed E-state index contributed by atoms with van der Waals surface area (Å²) in [7, 11) is 0. The molecule has 3 aromatic rings. The lowest BCUT2D eigenvalue weighted by Gasteiger charge is -2.30. The van der Waals surface area contributed by atoms with Gasteiger partial charge in [-0.05, 0) is 34.7 Å². The number of aromatic hydroxyl groups is 1. The molecule has 0 aromatic heterocycles. The van der Waals surface area contributed by atoms with Crippen molar-refractivity contribution in [1.29, 1.82) is 0 Å². The smallest absolute Gasteiger partial charge is 0.416 e. The summed E-state index contributed by atoms with van der Waals surface area (Å²) in [5.41, 5.74) is -0.887. The van der Waals surface area contributed by atoms with E-state index in [4.69, 9.17) is 0 Å². The van der Waals surface area contributed by atoms with Crippen molar-refractivity contribution in [2.45, 2.75) is 51.6 Å². The number of nitrogens with zero attached hydrogens (tertiary/aromatic N) is 3. The first-order valence-corrected chi connectivity index (χ1v) is 10.8. The Morgan fingerprint density at radius 3 is 1.94 bits per heavy atom. The van der Waals surface area contributed by atoms with Crippen LogP contribution in [-0.4, -0.2) is 10.0 Å². The highest BCUT2D eigenvalue weighted by atomic mass is 19.4. The van der Waals surface area contributed by atoms with Crippen LogP contribution in [0.3, 0.4) is 0 Å². The van der Waals surface area contributed by atoms with Crippen LogP contribution < -0.4 is 0 Å². The molecule has 6 nitrogen and oxygen atoms in total. The first kappa shape index (κ1) is 25.9. The van der Waals surface area contributed by atoms with E-state index in [-0.39, 0.29) is 22.5 Å². The largest absolute Gasteiger partial charge is 0.505 e. The summed E-state index contributed by atoms with van der Waals surface area (Å²) in [5.74, 6) is -0.162. The molecule has 35 heavy (non-hydrogen) atoms. The highest BCUT2D eigenvalue weighted by Crippen LogP contribution is 2.45. The summed E-state index contributed by atoms with van der Waals surface area (Å²) in [6, 6.07) is 15.1. The molecule has 0 spiro atoms. The van der Waals surface area contributed by atoms with E-state index in [1.807, 2.05) is 71.0 Å². The van der Waals surface area contributed by atoms with Gasteiger partial charge in [0, 0.05) is 17.0 Å². The highest BCUT2D eigenvalue weighted by Gasteiger charge is 2.33. The van der Waals surface area contributed by atoms with E-state index in [2.05, 4.69) is 10.2 Å². The second-order valence-electron chi connectivity index (χ2n) is 9.79. The third kappa shape index (κ3) is 5.50. The van der Waals surface area contributed by atoms with Gasteiger partial charge >= 0.3 is 6.18 Å². The molecule has 3 rings (SSSR count). The zero-order valence-electron chi connectivity index (χ0n) is 20.0. The quantitative estimate of drug-likeness (QED) is 0.224. The van der Waals surface area contributed by atoms with E-state index in [9.17, 15) is 28.4 Å². The first-order chi connectivity index (χ1) is 16.1. The van der Waals surface area contributed by atoms with Crippen LogP contribution in [0.5, 0.6) is 5.75 Å². The lowest BCUT2D eigenvalue weighted by Crippen LogP contribution is -2.21. The Morgan fingerprint density at radius 2 is 1.40 bits per heavy atom. The molecule has 0 saturated heterocycles. The predicted octanol–water partition coefficient (Wildman–Crippen LogP) is 8.36. The summed E-state index contributed by atoms with van der Waals surface area (Å²) in [6.45, 7) is 9.86. The molecule has 9 heteroatoms. The molecular weight excluding hydrogens is 459 g/mol. The number of rotatable bonds is 5. The van der Waals surface area contributed by atoms with Crippen LogP contribution in [0, 0.1) is 10.1 Å². The summed E-state index contributed by atoms with van der Waals surface area (Å²) >= 11 is 0. The Bertz CT molecular complexity index is 1280. The molecule has 0 fully saturated rings. The number of alkyl halides is 3. The maximum absolute atomic E-state index is 13.0. The monoisotopic (exact) mass is 485 g/mol. The van der Waals surface area contributed by atoms with Gasteiger partial charge in [0.05, 0.1) is 10.5 Å². The molecule has 0 bridgehead atoms. The van der Waals surface area contributed by atoms with Crippen LogP contribution >= 0.6 is 0 Å². The molecular formula is C26H26F3N3O3. The topological polar surface area (TPSA) is 88.1 Å². The number of halogens is 3. The van der Waals surface area contributed by atoms with E-state index in [1.165, 1.54) is 0 Å². The average molecular weight is 486 g/mol. The number of phenolic OH excluding ortho intramolecular Hbond substituents is 1. The summed E-state index contributed by atoms with van der Waals surface area (Å²) in [5, 5.41) is 30.4. The SMILES string of the molecule is CC(C)(C)c1cc(N=Nc2ccc(C(F)(F)F)cc2[N+](=O)[O-])c(O)c(C(C)(C)c2ccccc2)c1. The molecule has 0 saturated carbocycles. The van der Waals surface area contributed by atoms with E-state index < -0.39 is 27.8 Å². The van der Waals surface area contributed by atoms with Gasteiger partial charge in [-0.25, -0.2) is 0 Å². The van der Waals surface area contributed by atoms with Crippen molar-refractivity contribution < 1.29 is 23.2 Å². The Kier molecular flexibility index (Phi) is 6.75. The molecule has 0 aliphatic heterocycles. The lowest BCUT2D eigenvalue weighted by atomic mass is 9.75. The molecule has 0 heterocycles. The van der Waals surface area contributed by atoms with E-state index >= 15 is 0 Å². The molecule has 0 atom stereocenters. The van der Waals surface area contributed by atoms with Gasteiger partial charge in [0.1, 0.15) is 11.4 Å². The molecule has 1 N–H and O–H groups in total. The molecule has 0 aliphatic carbocycles. The van der Waals surface area contributed by atoms with Crippen LogP contribution in [0.15, 0.2) is 70.9 Å². The van der Waals surface area contributed by atoms with Gasteiger partial charge in [0.25, 0.3) is 5.69 Å².